The number of ether oxygens (including phenoxy) is 5. The molecule has 7 nitrogen and oxygen atoms in total. The van der Waals surface area contributed by atoms with E-state index in [1.165, 1.54) is 7.11 Å². The van der Waals surface area contributed by atoms with Gasteiger partial charge in [-0.15, -0.1) is 0 Å². The van der Waals surface area contributed by atoms with Crippen LogP contribution >= 0.6 is 0 Å². The van der Waals surface area contributed by atoms with Crippen molar-refractivity contribution >= 4 is 5.97 Å². The molecule has 1 atom stereocenters. The van der Waals surface area contributed by atoms with E-state index in [9.17, 15) is 9.90 Å². The minimum Gasteiger partial charge on any atom is -0.497 e. The molecule has 1 aliphatic rings. The minimum atomic E-state index is -0.920. The van der Waals surface area contributed by atoms with E-state index in [0.717, 1.165) is 16.7 Å². The van der Waals surface area contributed by atoms with Gasteiger partial charge in [0.15, 0.2) is 11.5 Å². The van der Waals surface area contributed by atoms with Gasteiger partial charge in [-0.05, 0) is 53.4 Å². The molecule has 4 rings (SSSR count). The fraction of sp³-hybridized carbons (Fsp3) is 0.296. The van der Waals surface area contributed by atoms with E-state index in [2.05, 4.69) is 0 Å². The molecule has 3 aromatic carbocycles. The highest BCUT2D eigenvalue weighted by Gasteiger charge is 2.43. The maximum Gasteiger partial charge on any atom is 0.308 e. The molecule has 0 saturated carbocycles. The van der Waals surface area contributed by atoms with E-state index in [1.54, 1.807) is 20.3 Å². The van der Waals surface area contributed by atoms with Crippen molar-refractivity contribution in [2.45, 2.75) is 18.8 Å². The van der Waals surface area contributed by atoms with Crippen LogP contribution in [-0.4, -0.2) is 39.2 Å². The molecule has 2 bridgehead atoms. The number of carboxylic acid groups (broad SMARTS) is 1. The number of aliphatic carboxylic acids is 1. The summed E-state index contributed by atoms with van der Waals surface area (Å²) in [5.41, 5.74) is 1.57. The molecule has 0 amide bonds. The predicted octanol–water partition coefficient (Wildman–Crippen LogP) is 4.69. The van der Waals surface area contributed by atoms with Crippen LogP contribution < -0.4 is 23.7 Å². The topological polar surface area (TPSA) is 83.5 Å². The van der Waals surface area contributed by atoms with Crippen molar-refractivity contribution < 1.29 is 33.6 Å². The van der Waals surface area contributed by atoms with Crippen LogP contribution in [0.4, 0.5) is 0 Å². The summed E-state index contributed by atoms with van der Waals surface area (Å²) in [7, 11) is 4.74. The average Bonchev–Trinajstić information content (AvgIpc) is 2.87. The lowest BCUT2D eigenvalue weighted by molar-refractivity contribution is -0.143. The molecule has 1 aliphatic heterocycles. The number of hydrogen-bond donors (Lipinski definition) is 1. The van der Waals surface area contributed by atoms with Crippen LogP contribution in [0.25, 0.3) is 0 Å². The average molecular weight is 465 g/mol. The highest BCUT2D eigenvalue weighted by Crippen LogP contribution is 2.47. The van der Waals surface area contributed by atoms with E-state index in [4.69, 9.17) is 23.7 Å². The number of fused-ring (bicyclic) bond motifs is 2. The first-order chi connectivity index (χ1) is 16.4. The minimum absolute atomic E-state index is 0.0529. The first-order valence-corrected chi connectivity index (χ1v) is 10.9. The maximum atomic E-state index is 12.8. The van der Waals surface area contributed by atoms with Crippen LogP contribution in [0.5, 0.6) is 28.7 Å². The lowest BCUT2D eigenvalue weighted by Crippen LogP contribution is -2.40. The zero-order valence-corrected chi connectivity index (χ0v) is 19.7. The van der Waals surface area contributed by atoms with Gasteiger partial charge in [0, 0.05) is 5.41 Å². The normalized spacial score (nSPS) is 13.3. The molecular formula is C27H28O7. The Labute approximate surface area is 198 Å². The van der Waals surface area contributed by atoms with Crippen LogP contribution in [0.3, 0.4) is 0 Å². The van der Waals surface area contributed by atoms with Gasteiger partial charge in [0.25, 0.3) is 0 Å². The Morgan fingerprint density at radius 3 is 1.91 bits per heavy atom. The second-order valence-electron chi connectivity index (χ2n) is 8.25. The number of rotatable bonds is 9. The van der Waals surface area contributed by atoms with Crippen molar-refractivity contribution in [1.29, 1.82) is 0 Å². The molecule has 0 spiro atoms. The van der Waals surface area contributed by atoms with E-state index in [1.807, 2.05) is 61.5 Å². The van der Waals surface area contributed by atoms with Crippen molar-refractivity contribution in [2.75, 3.05) is 28.1 Å². The number of carboxylic acids is 1. The summed E-state index contributed by atoms with van der Waals surface area (Å²) in [6.07, 6.45) is 0.218. The Hall–Kier alpha value is -3.87. The molecule has 0 saturated heterocycles. The van der Waals surface area contributed by atoms with Gasteiger partial charge in [-0.1, -0.05) is 37.3 Å². The molecule has 0 aliphatic carbocycles. The van der Waals surface area contributed by atoms with E-state index < -0.39 is 17.3 Å². The van der Waals surface area contributed by atoms with Crippen LogP contribution in [0, 0.1) is 5.92 Å². The third-order valence-corrected chi connectivity index (χ3v) is 6.58. The molecule has 178 valence electrons. The number of methoxy groups -OCH3 is 3. The second-order valence-corrected chi connectivity index (χ2v) is 8.25. The number of hydrogen-bond acceptors (Lipinski definition) is 6. The molecule has 7 heteroatoms. The highest BCUT2D eigenvalue weighted by molar-refractivity contribution is 5.75. The Balaban J connectivity index is 1.85. The Morgan fingerprint density at radius 2 is 1.44 bits per heavy atom. The lowest BCUT2D eigenvalue weighted by Gasteiger charge is -2.37. The smallest absolute Gasteiger partial charge is 0.308 e. The van der Waals surface area contributed by atoms with E-state index in [-0.39, 0.29) is 13.2 Å². The van der Waals surface area contributed by atoms with Crippen LogP contribution in [-0.2, 0) is 16.6 Å². The summed E-state index contributed by atoms with van der Waals surface area (Å²) in [6, 6.07) is 18.7. The summed E-state index contributed by atoms with van der Waals surface area (Å²) in [5, 5.41) is 10.5. The summed E-state index contributed by atoms with van der Waals surface area (Å²) < 4.78 is 27.3. The van der Waals surface area contributed by atoms with Crippen LogP contribution in [0.15, 0.2) is 60.7 Å². The Morgan fingerprint density at radius 1 is 0.882 bits per heavy atom. The monoisotopic (exact) mass is 464 g/mol. The zero-order chi connectivity index (χ0) is 24.3. The van der Waals surface area contributed by atoms with Gasteiger partial charge in [0.2, 0.25) is 12.5 Å². The molecule has 0 radical (unpaired) electrons. The SMILES string of the molecule is COc1ccc(C(C)(c2ccc(OC)cc2)C(Cc2ccc3c(OC)c2OCO3)C(=O)O)cc1. The largest absolute Gasteiger partial charge is 0.497 e. The van der Waals surface area contributed by atoms with Crippen LogP contribution in [0.1, 0.15) is 23.6 Å². The fourth-order valence-corrected chi connectivity index (χ4v) is 4.57. The molecule has 34 heavy (non-hydrogen) atoms. The molecule has 0 aromatic heterocycles. The van der Waals surface area contributed by atoms with Gasteiger partial charge >= 0.3 is 5.97 Å². The van der Waals surface area contributed by atoms with Crippen molar-refractivity contribution in [3.63, 3.8) is 0 Å². The fourth-order valence-electron chi connectivity index (χ4n) is 4.57. The molecule has 1 unspecified atom stereocenters. The molecular weight excluding hydrogens is 436 g/mol. The Kier molecular flexibility index (Phi) is 6.54. The van der Waals surface area contributed by atoms with Gasteiger partial charge in [-0.3, -0.25) is 4.79 Å². The van der Waals surface area contributed by atoms with Crippen molar-refractivity contribution in [1.82, 2.24) is 0 Å². The second kappa shape index (κ2) is 9.55. The standard InChI is InChI=1S/C27H28O7/c1-27(18-6-10-20(30-2)11-7-18,19-8-12-21(31-3)13-9-19)22(26(28)29)15-17-5-14-23-25(32-4)24(17)34-16-33-23/h5-14,22H,15-16H2,1-4H3,(H,28,29). The number of benzene rings is 3. The lowest BCUT2D eigenvalue weighted by atomic mass is 9.65. The number of carbonyl (C=O) groups is 1. The van der Waals surface area contributed by atoms with Gasteiger partial charge in [0.1, 0.15) is 11.5 Å². The molecule has 1 heterocycles. The Bertz CT molecular complexity index is 1110. The van der Waals surface area contributed by atoms with Crippen molar-refractivity contribution in [3.05, 3.63) is 77.4 Å². The van der Waals surface area contributed by atoms with E-state index >= 15 is 0 Å². The van der Waals surface area contributed by atoms with Gasteiger partial charge < -0.3 is 28.8 Å². The third kappa shape index (κ3) is 4.09. The van der Waals surface area contributed by atoms with Crippen molar-refractivity contribution in [3.8, 4) is 28.7 Å². The highest BCUT2D eigenvalue weighted by atomic mass is 16.7. The van der Waals surface area contributed by atoms with Gasteiger partial charge in [-0.25, -0.2) is 0 Å². The summed E-state index contributed by atoms with van der Waals surface area (Å²) in [6.45, 7) is 2.01. The molecule has 3 aromatic rings. The van der Waals surface area contributed by atoms with Gasteiger partial charge in [0.05, 0.1) is 27.2 Å². The maximum absolute atomic E-state index is 12.8. The summed E-state index contributed by atoms with van der Waals surface area (Å²) in [5.74, 6) is 1.22. The third-order valence-electron chi connectivity index (χ3n) is 6.58. The van der Waals surface area contributed by atoms with Crippen LogP contribution in [0.2, 0.25) is 0 Å². The van der Waals surface area contributed by atoms with Gasteiger partial charge in [-0.2, -0.15) is 0 Å². The first kappa shape index (κ1) is 23.3. The summed E-state index contributed by atoms with van der Waals surface area (Å²) in [4.78, 5) is 12.8. The molecule has 1 N–H and O–H groups in total. The first-order valence-electron chi connectivity index (χ1n) is 10.9. The van der Waals surface area contributed by atoms with E-state index in [0.29, 0.717) is 28.7 Å². The zero-order valence-electron chi connectivity index (χ0n) is 19.7. The quantitative estimate of drug-likeness (QED) is 0.492. The molecule has 0 fully saturated rings. The van der Waals surface area contributed by atoms with Crippen molar-refractivity contribution in [2.24, 2.45) is 5.92 Å². The summed E-state index contributed by atoms with van der Waals surface area (Å²) >= 11 is 0. The predicted molar refractivity (Wildman–Crippen MR) is 126 cm³/mol.